The van der Waals surface area contributed by atoms with E-state index in [1.54, 1.807) is 11.0 Å². The fourth-order valence-corrected chi connectivity index (χ4v) is 4.10. The Kier molecular flexibility index (Phi) is 4.76. The Morgan fingerprint density at radius 3 is 2.91 bits per heavy atom. The number of hydrogen-bond donors (Lipinski definition) is 1. The molecule has 22 heavy (non-hydrogen) atoms. The summed E-state index contributed by atoms with van der Waals surface area (Å²) in [6, 6.07) is 0.285. The highest BCUT2D eigenvalue weighted by atomic mass is 16.5. The molecular formula is C16H26N4O2. The summed E-state index contributed by atoms with van der Waals surface area (Å²) >= 11 is 0. The SMILES string of the molecule is CCOC1CC(NC(=O)CCn2cncn2)C12CCCCC2. The third-order valence-electron chi connectivity index (χ3n) is 5.31. The van der Waals surface area contributed by atoms with E-state index in [4.69, 9.17) is 4.74 Å². The van der Waals surface area contributed by atoms with Crippen LogP contribution >= 0.6 is 0 Å². The van der Waals surface area contributed by atoms with E-state index >= 15 is 0 Å². The minimum atomic E-state index is 0.111. The highest BCUT2D eigenvalue weighted by molar-refractivity contribution is 5.76. The molecular weight excluding hydrogens is 280 g/mol. The summed E-state index contributed by atoms with van der Waals surface area (Å²) in [4.78, 5) is 16.1. The number of hydrogen-bond acceptors (Lipinski definition) is 4. The van der Waals surface area contributed by atoms with Gasteiger partial charge in [0.05, 0.1) is 12.6 Å². The third-order valence-corrected chi connectivity index (χ3v) is 5.31. The second-order valence-electron chi connectivity index (χ2n) is 6.50. The van der Waals surface area contributed by atoms with Gasteiger partial charge in [0.25, 0.3) is 0 Å². The molecule has 122 valence electrons. The van der Waals surface area contributed by atoms with Crippen LogP contribution in [0.1, 0.15) is 51.9 Å². The van der Waals surface area contributed by atoms with Crippen molar-refractivity contribution in [3.05, 3.63) is 12.7 Å². The van der Waals surface area contributed by atoms with Crippen LogP contribution in [0.3, 0.4) is 0 Å². The lowest BCUT2D eigenvalue weighted by atomic mass is 9.55. The first-order chi connectivity index (χ1) is 10.7. The summed E-state index contributed by atoms with van der Waals surface area (Å²) < 4.78 is 7.62. The number of aryl methyl sites for hydroxylation is 1. The Morgan fingerprint density at radius 2 is 2.23 bits per heavy atom. The van der Waals surface area contributed by atoms with E-state index in [0.29, 0.717) is 19.1 Å². The van der Waals surface area contributed by atoms with Gasteiger partial charge in [-0.2, -0.15) is 5.10 Å². The second kappa shape index (κ2) is 6.77. The second-order valence-corrected chi connectivity index (χ2v) is 6.50. The van der Waals surface area contributed by atoms with Crippen molar-refractivity contribution in [2.24, 2.45) is 5.41 Å². The van der Waals surface area contributed by atoms with Crippen LogP contribution in [-0.2, 0) is 16.1 Å². The molecule has 0 bridgehead atoms. The molecule has 0 radical (unpaired) electrons. The first-order valence-electron chi connectivity index (χ1n) is 8.48. The highest BCUT2D eigenvalue weighted by Gasteiger charge is 2.55. The Bertz CT molecular complexity index is 482. The number of carbonyl (C=O) groups is 1. The van der Waals surface area contributed by atoms with E-state index in [0.717, 1.165) is 13.0 Å². The molecule has 1 spiro atoms. The van der Waals surface area contributed by atoms with Crippen molar-refractivity contribution in [1.82, 2.24) is 20.1 Å². The molecule has 1 N–H and O–H groups in total. The van der Waals surface area contributed by atoms with Gasteiger partial charge in [0.1, 0.15) is 12.7 Å². The Balaban J connectivity index is 1.53. The third kappa shape index (κ3) is 3.02. The molecule has 2 aliphatic carbocycles. The summed E-state index contributed by atoms with van der Waals surface area (Å²) in [7, 11) is 0. The Labute approximate surface area is 131 Å². The van der Waals surface area contributed by atoms with Crippen molar-refractivity contribution < 1.29 is 9.53 Å². The lowest BCUT2D eigenvalue weighted by Crippen LogP contribution is -2.65. The average Bonchev–Trinajstić information content (AvgIpc) is 3.06. The van der Waals surface area contributed by atoms with E-state index in [1.807, 2.05) is 0 Å². The van der Waals surface area contributed by atoms with Crippen LogP contribution in [0, 0.1) is 5.41 Å². The molecule has 1 amide bonds. The number of rotatable bonds is 6. The van der Waals surface area contributed by atoms with Crippen molar-refractivity contribution in [3.8, 4) is 0 Å². The smallest absolute Gasteiger partial charge is 0.222 e. The normalized spacial score (nSPS) is 26.6. The monoisotopic (exact) mass is 306 g/mol. The molecule has 0 aromatic carbocycles. The topological polar surface area (TPSA) is 69.0 Å². The maximum atomic E-state index is 12.2. The van der Waals surface area contributed by atoms with Gasteiger partial charge in [0.2, 0.25) is 5.91 Å². The molecule has 6 nitrogen and oxygen atoms in total. The van der Waals surface area contributed by atoms with Crippen molar-refractivity contribution in [2.75, 3.05) is 6.61 Å². The first-order valence-corrected chi connectivity index (χ1v) is 8.48. The maximum Gasteiger partial charge on any atom is 0.222 e. The van der Waals surface area contributed by atoms with Gasteiger partial charge in [-0.25, -0.2) is 4.98 Å². The van der Waals surface area contributed by atoms with E-state index in [1.165, 1.54) is 38.4 Å². The van der Waals surface area contributed by atoms with Gasteiger partial charge in [-0.1, -0.05) is 19.3 Å². The zero-order valence-corrected chi connectivity index (χ0v) is 13.3. The Hall–Kier alpha value is -1.43. The lowest BCUT2D eigenvalue weighted by Gasteiger charge is -2.57. The van der Waals surface area contributed by atoms with Crippen LogP contribution in [0.4, 0.5) is 0 Å². The van der Waals surface area contributed by atoms with Crippen molar-refractivity contribution >= 4 is 5.91 Å². The summed E-state index contributed by atoms with van der Waals surface area (Å²) in [6.07, 6.45) is 11.1. The highest BCUT2D eigenvalue weighted by Crippen LogP contribution is 2.53. The van der Waals surface area contributed by atoms with Crippen molar-refractivity contribution in [3.63, 3.8) is 0 Å². The van der Waals surface area contributed by atoms with Crippen molar-refractivity contribution in [1.29, 1.82) is 0 Å². The minimum Gasteiger partial charge on any atom is -0.378 e. The van der Waals surface area contributed by atoms with Gasteiger partial charge in [-0.3, -0.25) is 9.48 Å². The first kappa shape index (κ1) is 15.5. The van der Waals surface area contributed by atoms with Crippen LogP contribution in [0.2, 0.25) is 0 Å². The minimum absolute atomic E-state index is 0.111. The number of aromatic nitrogens is 3. The zero-order valence-electron chi connectivity index (χ0n) is 13.3. The van der Waals surface area contributed by atoms with E-state index in [-0.39, 0.29) is 17.4 Å². The van der Waals surface area contributed by atoms with E-state index < -0.39 is 0 Å². The molecule has 1 aromatic rings. The number of carbonyl (C=O) groups excluding carboxylic acids is 1. The molecule has 2 saturated carbocycles. The van der Waals surface area contributed by atoms with Gasteiger partial charge in [0, 0.05) is 24.5 Å². The van der Waals surface area contributed by atoms with E-state index in [9.17, 15) is 4.79 Å². The van der Waals surface area contributed by atoms with Crippen molar-refractivity contribution in [2.45, 2.75) is 70.6 Å². The van der Waals surface area contributed by atoms with Gasteiger partial charge < -0.3 is 10.1 Å². The number of nitrogens with one attached hydrogen (secondary N) is 1. The van der Waals surface area contributed by atoms with Crippen LogP contribution in [0.5, 0.6) is 0 Å². The maximum absolute atomic E-state index is 12.2. The lowest BCUT2D eigenvalue weighted by molar-refractivity contribution is -0.157. The largest absolute Gasteiger partial charge is 0.378 e. The summed E-state index contributed by atoms with van der Waals surface area (Å²) in [6.45, 7) is 3.40. The van der Waals surface area contributed by atoms with Gasteiger partial charge in [-0.15, -0.1) is 0 Å². The van der Waals surface area contributed by atoms with Gasteiger partial charge in [-0.05, 0) is 26.2 Å². The van der Waals surface area contributed by atoms with Gasteiger partial charge >= 0.3 is 0 Å². The van der Waals surface area contributed by atoms with Crippen LogP contribution in [0.15, 0.2) is 12.7 Å². The molecule has 3 rings (SSSR count). The van der Waals surface area contributed by atoms with E-state index in [2.05, 4.69) is 22.3 Å². The molecule has 0 aliphatic heterocycles. The molecule has 2 fully saturated rings. The molecule has 2 aliphatic rings. The van der Waals surface area contributed by atoms with Gasteiger partial charge in [0.15, 0.2) is 0 Å². The summed E-state index contributed by atoms with van der Waals surface area (Å²) in [5.74, 6) is 0.111. The molecule has 1 aromatic heterocycles. The quantitative estimate of drug-likeness (QED) is 0.871. The molecule has 2 atom stereocenters. The number of nitrogens with zero attached hydrogens (tertiary/aromatic N) is 3. The number of ether oxygens (including phenoxy) is 1. The standard InChI is InChI=1S/C16H26N4O2/c1-2-22-14-10-13(16(14)7-4-3-5-8-16)19-15(21)6-9-20-12-17-11-18-20/h11-14H,2-10H2,1H3,(H,19,21). The molecule has 1 heterocycles. The number of amides is 1. The molecule has 2 unspecified atom stereocenters. The summed E-state index contributed by atoms with van der Waals surface area (Å²) in [5.41, 5.74) is 0.192. The molecule has 0 saturated heterocycles. The van der Waals surface area contributed by atoms with Crippen LogP contribution in [-0.4, -0.2) is 39.4 Å². The zero-order chi connectivity index (χ0) is 15.4. The van der Waals surface area contributed by atoms with Crippen LogP contribution in [0.25, 0.3) is 0 Å². The predicted molar refractivity (Wildman–Crippen MR) is 82.1 cm³/mol. The fourth-order valence-electron chi connectivity index (χ4n) is 4.10. The predicted octanol–water partition coefficient (Wildman–Crippen LogP) is 1.91. The molecule has 6 heteroatoms. The summed E-state index contributed by atoms with van der Waals surface area (Å²) in [5, 5.41) is 7.27. The average molecular weight is 306 g/mol. The fraction of sp³-hybridized carbons (Fsp3) is 0.812. The Morgan fingerprint density at radius 1 is 1.41 bits per heavy atom. The van der Waals surface area contributed by atoms with Crippen LogP contribution < -0.4 is 5.32 Å².